The fourth-order valence-corrected chi connectivity index (χ4v) is 3.60. The Morgan fingerprint density at radius 1 is 1.18 bits per heavy atom. The minimum atomic E-state index is -0.517. The van der Waals surface area contributed by atoms with E-state index in [4.69, 9.17) is 19.7 Å². The van der Waals surface area contributed by atoms with Crippen molar-refractivity contribution in [2.45, 2.75) is 19.4 Å². The van der Waals surface area contributed by atoms with Crippen molar-refractivity contribution in [3.8, 4) is 11.5 Å². The molecule has 1 saturated heterocycles. The van der Waals surface area contributed by atoms with Crippen LogP contribution in [0.3, 0.4) is 0 Å². The van der Waals surface area contributed by atoms with Gasteiger partial charge in [0.05, 0.1) is 31.5 Å². The van der Waals surface area contributed by atoms with Crippen molar-refractivity contribution in [2.24, 2.45) is 5.92 Å². The Morgan fingerprint density at radius 3 is 2.61 bits per heavy atom. The highest BCUT2D eigenvalue weighted by atomic mass is 16.5. The minimum absolute atomic E-state index is 0.00160. The zero-order valence-corrected chi connectivity index (χ0v) is 16.0. The molecule has 0 spiro atoms. The van der Waals surface area contributed by atoms with Gasteiger partial charge in [-0.3, -0.25) is 0 Å². The van der Waals surface area contributed by atoms with Crippen LogP contribution in [0, 0.1) is 12.8 Å². The van der Waals surface area contributed by atoms with Gasteiger partial charge in [0, 0.05) is 42.9 Å². The lowest BCUT2D eigenvalue weighted by Crippen LogP contribution is -2.23. The highest BCUT2D eigenvalue weighted by Gasteiger charge is 2.34. The van der Waals surface area contributed by atoms with Gasteiger partial charge in [-0.05, 0) is 13.0 Å². The summed E-state index contributed by atoms with van der Waals surface area (Å²) in [5.41, 5.74) is 7.66. The van der Waals surface area contributed by atoms with Gasteiger partial charge in [-0.25, -0.2) is 4.98 Å². The summed E-state index contributed by atoms with van der Waals surface area (Å²) < 4.78 is 16.0. The fraction of sp³-hybridized carbons (Fsp3) is 0.421. The zero-order chi connectivity index (χ0) is 19.8. The molecule has 0 bridgehead atoms. The van der Waals surface area contributed by atoms with Crippen molar-refractivity contribution in [1.82, 2.24) is 15.1 Å². The number of nitrogen functional groups attached to an aromatic ring is 1. The van der Waals surface area contributed by atoms with Crippen LogP contribution in [-0.2, 0) is 6.42 Å². The number of aromatic nitrogens is 3. The Bertz CT molecular complexity index is 1010. The molecular formula is C19H23N5O4. The minimum Gasteiger partial charge on any atom is -0.493 e. The van der Waals surface area contributed by atoms with Gasteiger partial charge in [-0.2, -0.15) is 4.98 Å². The highest BCUT2D eigenvalue weighted by molar-refractivity contribution is 5.91. The van der Waals surface area contributed by atoms with E-state index in [0.717, 1.165) is 11.5 Å². The summed E-state index contributed by atoms with van der Waals surface area (Å²) in [6.07, 6.45) is 0.0865. The van der Waals surface area contributed by atoms with Gasteiger partial charge >= 0.3 is 0 Å². The number of nitrogens with two attached hydrogens (primary N) is 1. The van der Waals surface area contributed by atoms with Crippen molar-refractivity contribution >= 4 is 22.7 Å². The van der Waals surface area contributed by atoms with Crippen molar-refractivity contribution in [1.29, 1.82) is 0 Å². The fourth-order valence-electron chi connectivity index (χ4n) is 3.60. The van der Waals surface area contributed by atoms with Crippen LogP contribution < -0.4 is 20.1 Å². The number of aliphatic hydroxyl groups excluding tert-OH is 1. The molecule has 148 valence electrons. The first-order valence-corrected chi connectivity index (χ1v) is 9.03. The summed E-state index contributed by atoms with van der Waals surface area (Å²) in [7, 11) is 3.14. The third-order valence-corrected chi connectivity index (χ3v) is 5.05. The number of rotatable bonds is 5. The summed E-state index contributed by atoms with van der Waals surface area (Å²) in [5.74, 6) is 2.73. The third kappa shape index (κ3) is 3.29. The van der Waals surface area contributed by atoms with Crippen molar-refractivity contribution in [3.63, 3.8) is 0 Å². The van der Waals surface area contributed by atoms with Crippen molar-refractivity contribution in [2.75, 3.05) is 37.9 Å². The Balaban J connectivity index is 1.61. The summed E-state index contributed by atoms with van der Waals surface area (Å²) >= 11 is 0. The number of hydrogen-bond donors (Lipinski definition) is 2. The SMILES string of the molecule is COc1cc2nc(N3CC(O)C(Cc4cc(C)no4)C3)nc(N)c2cc1OC. The number of β-amino-alcohol motifs (C(OH)–C–C–N with tert-alkyl or cyclic N) is 1. The standard InChI is InChI=1S/C19H23N5O4/c1-10-4-12(28-23-10)5-11-8-24(9-15(11)25)19-21-14-7-17(27-3)16(26-2)6-13(14)18(20)22-19/h4,6-7,11,15,25H,5,8-9H2,1-3H3,(H2,20,21,22). The second-order valence-electron chi connectivity index (χ2n) is 7.00. The van der Waals surface area contributed by atoms with Gasteiger partial charge < -0.3 is 29.7 Å². The molecule has 0 radical (unpaired) electrons. The topological polar surface area (TPSA) is 120 Å². The average Bonchev–Trinajstić information content (AvgIpc) is 3.26. The third-order valence-electron chi connectivity index (χ3n) is 5.05. The molecule has 1 fully saturated rings. The van der Waals surface area contributed by atoms with Crippen LogP contribution in [0.15, 0.2) is 22.7 Å². The second-order valence-corrected chi connectivity index (χ2v) is 7.00. The maximum Gasteiger partial charge on any atom is 0.227 e. The van der Waals surface area contributed by atoms with Crippen LogP contribution in [0.5, 0.6) is 11.5 Å². The molecule has 4 rings (SSSR count). The Morgan fingerprint density at radius 2 is 1.93 bits per heavy atom. The molecule has 1 aromatic carbocycles. The average molecular weight is 385 g/mol. The Kier molecular flexibility index (Phi) is 4.68. The summed E-state index contributed by atoms with van der Waals surface area (Å²) in [4.78, 5) is 11.0. The van der Waals surface area contributed by atoms with Crippen molar-refractivity contribution < 1.29 is 19.1 Å². The first-order valence-electron chi connectivity index (χ1n) is 9.03. The maximum atomic E-state index is 10.5. The van der Waals surface area contributed by atoms with E-state index in [1.165, 1.54) is 0 Å². The molecule has 3 aromatic rings. The lowest BCUT2D eigenvalue weighted by molar-refractivity contribution is 0.143. The second kappa shape index (κ2) is 7.16. The number of fused-ring (bicyclic) bond motifs is 1. The molecule has 28 heavy (non-hydrogen) atoms. The van der Waals surface area contributed by atoms with E-state index in [0.29, 0.717) is 53.7 Å². The quantitative estimate of drug-likeness (QED) is 0.674. The molecule has 0 aliphatic carbocycles. The molecule has 2 unspecified atom stereocenters. The molecule has 0 amide bonds. The number of nitrogens with zero attached hydrogens (tertiary/aromatic N) is 4. The van der Waals surface area contributed by atoms with Crippen LogP contribution in [-0.4, -0.2) is 53.6 Å². The zero-order valence-electron chi connectivity index (χ0n) is 16.0. The molecule has 2 atom stereocenters. The first-order chi connectivity index (χ1) is 13.5. The largest absolute Gasteiger partial charge is 0.493 e. The molecule has 9 nitrogen and oxygen atoms in total. The molecule has 2 aromatic heterocycles. The van der Waals surface area contributed by atoms with E-state index in [1.807, 2.05) is 17.9 Å². The van der Waals surface area contributed by atoms with E-state index in [-0.39, 0.29) is 5.92 Å². The number of benzene rings is 1. The molecule has 1 aliphatic rings. The molecule has 1 aliphatic heterocycles. The van der Waals surface area contributed by atoms with Gasteiger partial charge in [0.2, 0.25) is 5.95 Å². The van der Waals surface area contributed by atoms with E-state index in [2.05, 4.69) is 15.1 Å². The predicted octanol–water partition coefficient (Wildman–Crippen LogP) is 1.57. The number of hydrogen-bond acceptors (Lipinski definition) is 9. The smallest absolute Gasteiger partial charge is 0.227 e. The first kappa shape index (κ1) is 18.3. The lowest BCUT2D eigenvalue weighted by atomic mass is 10.0. The van der Waals surface area contributed by atoms with Crippen LogP contribution in [0.2, 0.25) is 0 Å². The number of methoxy groups -OCH3 is 2. The number of aliphatic hydroxyl groups is 1. The summed E-state index contributed by atoms with van der Waals surface area (Å²) in [6.45, 7) is 2.90. The summed E-state index contributed by atoms with van der Waals surface area (Å²) in [6, 6.07) is 5.43. The highest BCUT2D eigenvalue weighted by Crippen LogP contribution is 2.35. The van der Waals surface area contributed by atoms with Crippen LogP contribution in [0.1, 0.15) is 11.5 Å². The molecule has 3 N–H and O–H groups in total. The van der Waals surface area contributed by atoms with E-state index < -0.39 is 6.10 Å². The number of anilines is 2. The molecule has 3 heterocycles. The predicted molar refractivity (Wildman–Crippen MR) is 104 cm³/mol. The van der Waals surface area contributed by atoms with Gasteiger partial charge in [-0.1, -0.05) is 5.16 Å². The van der Waals surface area contributed by atoms with Crippen molar-refractivity contribution in [3.05, 3.63) is 29.7 Å². The van der Waals surface area contributed by atoms with Crippen LogP contribution in [0.25, 0.3) is 10.9 Å². The number of aryl methyl sites for hydroxylation is 1. The van der Waals surface area contributed by atoms with Crippen LogP contribution >= 0.6 is 0 Å². The van der Waals surface area contributed by atoms with Gasteiger partial charge in [0.15, 0.2) is 11.5 Å². The van der Waals surface area contributed by atoms with Gasteiger partial charge in [0.25, 0.3) is 0 Å². The van der Waals surface area contributed by atoms with E-state index in [9.17, 15) is 5.11 Å². The molecular weight excluding hydrogens is 362 g/mol. The normalized spacial score (nSPS) is 19.4. The molecule has 0 saturated carbocycles. The summed E-state index contributed by atoms with van der Waals surface area (Å²) in [5, 5.41) is 15.1. The monoisotopic (exact) mass is 385 g/mol. The molecule has 9 heteroatoms. The van der Waals surface area contributed by atoms with E-state index in [1.54, 1.807) is 26.4 Å². The van der Waals surface area contributed by atoms with Gasteiger partial charge in [0.1, 0.15) is 11.6 Å². The maximum absolute atomic E-state index is 10.5. The Labute approximate surface area is 162 Å². The number of ether oxygens (including phenoxy) is 2. The Hall–Kier alpha value is -3.07. The van der Waals surface area contributed by atoms with E-state index >= 15 is 0 Å². The lowest BCUT2D eigenvalue weighted by Gasteiger charge is -2.17. The van der Waals surface area contributed by atoms with Crippen LogP contribution in [0.4, 0.5) is 11.8 Å². The van der Waals surface area contributed by atoms with Gasteiger partial charge in [-0.15, -0.1) is 0 Å².